The molecule has 7 heteroatoms. The number of aryl methyl sites for hydroxylation is 2. The molecule has 1 aliphatic rings. The highest BCUT2D eigenvalue weighted by atomic mass is 35.7. The zero-order valence-electron chi connectivity index (χ0n) is 11.2. The summed E-state index contributed by atoms with van der Waals surface area (Å²) < 4.78 is 24.5. The van der Waals surface area contributed by atoms with Gasteiger partial charge in [-0.15, -0.1) is 0 Å². The lowest BCUT2D eigenvalue weighted by Crippen LogP contribution is -2.21. The lowest BCUT2D eigenvalue weighted by molar-refractivity contribution is 0.324. The SMILES string of the molecule is CCc1nc(S(=O)(=O)Cl)cn1CCCN1CCCC1. The Hall–Kier alpha value is -0.590. The van der Waals surface area contributed by atoms with E-state index < -0.39 is 9.05 Å². The maximum absolute atomic E-state index is 11.3. The van der Waals surface area contributed by atoms with Crippen LogP contribution in [0.5, 0.6) is 0 Å². The second kappa shape index (κ2) is 6.24. The first-order valence-corrected chi connectivity index (χ1v) is 9.04. The molecule has 0 bridgehead atoms. The molecule has 0 spiro atoms. The Labute approximate surface area is 119 Å². The minimum atomic E-state index is -3.73. The number of rotatable bonds is 6. The van der Waals surface area contributed by atoms with Crippen LogP contribution in [0, 0.1) is 0 Å². The first-order chi connectivity index (χ1) is 9.00. The molecule has 2 heterocycles. The molecule has 2 rings (SSSR count). The summed E-state index contributed by atoms with van der Waals surface area (Å²) in [7, 11) is 1.60. The van der Waals surface area contributed by atoms with Gasteiger partial charge in [-0.3, -0.25) is 0 Å². The van der Waals surface area contributed by atoms with Crippen molar-refractivity contribution in [1.29, 1.82) is 0 Å². The fourth-order valence-electron chi connectivity index (χ4n) is 2.49. The van der Waals surface area contributed by atoms with E-state index in [0.29, 0.717) is 6.42 Å². The van der Waals surface area contributed by atoms with Gasteiger partial charge in [-0.1, -0.05) is 6.92 Å². The van der Waals surface area contributed by atoms with Crippen molar-refractivity contribution >= 4 is 19.7 Å². The highest BCUT2D eigenvalue weighted by Gasteiger charge is 2.17. The molecule has 0 N–H and O–H groups in total. The average Bonchev–Trinajstić information content (AvgIpc) is 2.96. The third-order valence-corrected chi connectivity index (χ3v) is 4.65. The van der Waals surface area contributed by atoms with E-state index in [1.165, 1.54) is 25.9 Å². The monoisotopic (exact) mass is 305 g/mol. The van der Waals surface area contributed by atoms with Gasteiger partial charge in [0.2, 0.25) is 0 Å². The van der Waals surface area contributed by atoms with E-state index in [9.17, 15) is 8.42 Å². The Morgan fingerprint density at radius 1 is 1.32 bits per heavy atom. The highest BCUT2D eigenvalue weighted by molar-refractivity contribution is 8.13. The summed E-state index contributed by atoms with van der Waals surface area (Å²) in [5.41, 5.74) is 0. The van der Waals surface area contributed by atoms with Gasteiger partial charge in [-0.2, -0.15) is 0 Å². The number of likely N-dealkylation sites (tertiary alicyclic amines) is 1. The van der Waals surface area contributed by atoms with Crippen LogP contribution >= 0.6 is 10.7 Å². The number of hydrogen-bond donors (Lipinski definition) is 0. The smallest absolute Gasteiger partial charge is 0.280 e. The Balaban J connectivity index is 1.96. The van der Waals surface area contributed by atoms with Crippen LogP contribution in [0.2, 0.25) is 0 Å². The van der Waals surface area contributed by atoms with E-state index in [1.807, 2.05) is 11.5 Å². The summed E-state index contributed by atoms with van der Waals surface area (Å²) in [4.78, 5) is 6.53. The first kappa shape index (κ1) is 14.8. The number of nitrogens with zero attached hydrogens (tertiary/aromatic N) is 3. The largest absolute Gasteiger partial charge is 0.333 e. The molecule has 1 aromatic rings. The zero-order chi connectivity index (χ0) is 13.9. The maximum Gasteiger partial charge on any atom is 0.280 e. The van der Waals surface area contributed by atoms with Crippen LogP contribution in [0.4, 0.5) is 0 Å². The molecule has 0 aromatic carbocycles. The van der Waals surface area contributed by atoms with Crippen molar-refractivity contribution < 1.29 is 8.42 Å². The lowest BCUT2D eigenvalue weighted by Gasteiger charge is -2.14. The Kier molecular flexibility index (Phi) is 4.86. The van der Waals surface area contributed by atoms with Crippen LogP contribution in [0.15, 0.2) is 11.2 Å². The van der Waals surface area contributed by atoms with Crippen molar-refractivity contribution in [1.82, 2.24) is 14.5 Å². The van der Waals surface area contributed by atoms with Gasteiger partial charge in [-0.25, -0.2) is 13.4 Å². The Bertz CT molecular complexity index is 521. The summed E-state index contributed by atoms with van der Waals surface area (Å²) in [5.74, 6) is 0.778. The lowest BCUT2D eigenvalue weighted by atomic mass is 10.3. The molecule has 1 saturated heterocycles. The Morgan fingerprint density at radius 2 is 2.00 bits per heavy atom. The molecule has 108 valence electrons. The number of aromatic nitrogens is 2. The average molecular weight is 306 g/mol. The van der Waals surface area contributed by atoms with Crippen LogP contribution in [0.1, 0.15) is 32.0 Å². The van der Waals surface area contributed by atoms with E-state index >= 15 is 0 Å². The summed E-state index contributed by atoms with van der Waals surface area (Å²) in [6.07, 6.45) is 5.84. The van der Waals surface area contributed by atoms with Gasteiger partial charge in [0.05, 0.1) is 0 Å². The molecule has 1 aliphatic heterocycles. The van der Waals surface area contributed by atoms with Gasteiger partial charge < -0.3 is 9.47 Å². The van der Waals surface area contributed by atoms with Crippen LogP contribution in [-0.2, 0) is 22.0 Å². The predicted molar refractivity (Wildman–Crippen MR) is 74.9 cm³/mol. The molecule has 0 unspecified atom stereocenters. The Morgan fingerprint density at radius 3 is 2.58 bits per heavy atom. The van der Waals surface area contributed by atoms with Gasteiger partial charge in [0.1, 0.15) is 5.82 Å². The van der Waals surface area contributed by atoms with Crippen LogP contribution in [0.25, 0.3) is 0 Å². The van der Waals surface area contributed by atoms with Gasteiger partial charge in [-0.05, 0) is 38.9 Å². The summed E-state index contributed by atoms with van der Waals surface area (Å²) in [6, 6.07) is 0. The van der Waals surface area contributed by atoms with Crippen molar-refractivity contribution in [3.63, 3.8) is 0 Å². The molecule has 19 heavy (non-hydrogen) atoms. The summed E-state index contributed by atoms with van der Waals surface area (Å²) >= 11 is 0. The molecule has 1 aromatic heterocycles. The van der Waals surface area contributed by atoms with E-state index in [4.69, 9.17) is 10.7 Å². The van der Waals surface area contributed by atoms with Crippen molar-refractivity contribution in [3.05, 3.63) is 12.0 Å². The summed E-state index contributed by atoms with van der Waals surface area (Å²) in [6.45, 7) is 6.19. The van der Waals surface area contributed by atoms with Gasteiger partial charge in [0.15, 0.2) is 5.03 Å². The zero-order valence-corrected chi connectivity index (χ0v) is 12.8. The molecule has 0 amide bonds. The van der Waals surface area contributed by atoms with Gasteiger partial charge in [0.25, 0.3) is 9.05 Å². The van der Waals surface area contributed by atoms with Crippen LogP contribution in [-0.4, -0.2) is 42.5 Å². The van der Waals surface area contributed by atoms with Crippen molar-refractivity contribution in [2.75, 3.05) is 19.6 Å². The second-order valence-corrected chi connectivity index (χ2v) is 7.40. The topological polar surface area (TPSA) is 55.2 Å². The summed E-state index contributed by atoms with van der Waals surface area (Å²) in [5, 5.41) is -0.0350. The van der Waals surface area contributed by atoms with Crippen LogP contribution in [0.3, 0.4) is 0 Å². The van der Waals surface area contributed by atoms with E-state index in [2.05, 4.69) is 9.88 Å². The molecule has 5 nitrogen and oxygen atoms in total. The van der Waals surface area contributed by atoms with Gasteiger partial charge in [0, 0.05) is 29.8 Å². The highest BCUT2D eigenvalue weighted by Crippen LogP contribution is 2.15. The minimum Gasteiger partial charge on any atom is -0.333 e. The molecule has 0 atom stereocenters. The van der Waals surface area contributed by atoms with Crippen LogP contribution < -0.4 is 0 Å². The third-order valence-electron chi connectivity index (χ3n) is 3.48. The minimum absolute atomic E-state index is 0.0350. The predicted octanol–water partition coefficient (Wildman–Crippen LogP) is 1.86. The molecule has 1 fully saturated rings. The molecule has 0 radical (unpaired) electrons. The number of hydrogen-bond acceptors (Lipinski definition) is 4. The van der Waals surface area contributed by atoms with Crippen molar-refractivity contribution in [2.24, 2.45) is 0 Å². The fraction of sp³-hybridized carbons (Fsp3) is 0.750. The number of imidazole rings is 1. The maximum atomic E-state index is 11.3. The number of halogens is 1. The van der Waals surface area contributed by atoms with E-state index in [0.717, 1.165) is 25.3 Å². The van der Waals surface area contributed by atoms with E-state index in [1.54, 1.807) is 6.20 Å². The molecular weight excluding hydrogens is 286 g/mol. The van der Waals surface area contributed by atoms with E-state index in [-0.39, 0.29) is 5.03 Å². The standard InChI is InChI=1S/C12H20ClN3O2S/c1-2-11-14-12(19(13,17)18)10-16(11)9-5-8-15-6-3-4-7-15/h10H,2-9H2,1H3. The first-order valence-electron chi connectivity index (χ1n) is 6.74. The quantitative estimate of drug-likeness (QED) is 0.753. The molecule has 0 saturated carbocycles. The van der Waals surface area contributed by atoms with Crippen molar-refractivity contribution in [2.45, 2.75) is 44.2 Å². The normalized spacial score (nSPS) is 17.2. The third kappa shape index (κ3) is 3.94. The van der Waals surface area contributed by atoms with Crippen molar-refractivity contribution in [3.8, 4) is 0 Å². The van der Waals surface area contributed by atoms with Gasteiger partial charge >= 0.3 is 0 Å². The second-order valence-electron chi connectivity index (χ2n) is 4.88. The molecular formula is C12H20ClN3O2S. The molecule has 0 aliphatic carbocycles. The fourth-order valence-corrected chi connectivity index (χ4v) is 3.18.